The molecular weight excluding hydrogens is 328 g/mol. The van der Waals surface area contributed by atoms with Crippen molar-refractivity contribution in [1.29, 1.82) is 0 Å². The van der Waals surface area contributed by atoms with Crippen LogP contribution in [0.5, 0.6) is 5.75 Å². The second kappa shape index (κ2) is 8.46. The van der Waals surface area contributed by atoms with Gasteiger partial charge in [0.2, 0.25) is 0 Å². The fraction of sp³-hybridized carbons (Fsp3) is 0.529. The van der Waals surface area contributed by atoms with Gasteiger partial charge in [-0.1, -0.05) is 19.3 Å². The molecular formula is C17H22N2O6. The van der Waals surface area contributed by atoms with Crippen LogP contribution < -0.4 is 10.1 Å². The van der Waals surface area contributed by atoms with E-state index in [1.807, 2.05) is 0 Å². The Kier molecular flexibility index (Phi) is 6.32. The van der Waals surface area contributed by atoms with Crippen LogP contribution in [0, 0.1) is 10.1 Å². The van der Waals surface area contributed by atoms with E-state index in [9.17, 15) is 19.7 Å². The minimum absolute atomic E-state index is 0.0889. The second-order valence-corrected chi connectivity index (χ2v) is 6.03. The molecule has 0 heterocycles. The molecule has 25 heavy (non-hydrogen) atoms. The molecule has 0 unspecified atom stereocenters. The summed E-state index contributed by atoms with van der Waals surface area (Å²) in [6.07, 6.45) is 4.16. The summed E-state index contributed by atoms with van der Waals surface area (Å²) in [6, 6.07) is 3.73. The highest BCUT2D eigenvalue weighted by molar-refractivity contribution is 5.95. The molecule has 0 saturated heterocycles. The number of carbonyl (C=O) groups is 2. The zero-order valence-electron chi connectivity index (χ0n) is 14.3. The van der Waals surface area contributed by atoms with Crippen LogP contribution in [0.1, 0.15) is 49.4 Å². The van der Waals surface area contributed by atoms with Crippen LogP contribution in [0.3, 0.4) is 0 Å². The number of nitro groups is 1. The van der Waals surface area contributed by atoms with Gasteiger partial charge in [0.1, 0.15) is 11.3 Å². The van der Waals surface area contributed by atoms with Crippen LogP contribution in [0.4, 0.5) is 5.69 Å². The van der Waals surface area contributed by atoms with Gasteiger partial charge >= 0.3 is 5.97 Å². The van der Waals surface area contributed by atoms with Crippen molar-refractivity contribution < 1.29 is 24.0 Å². The van der Waals surface area contributed by atoms with E-state index >= 15 is 0 Å². The maximum absolute atomic E-state index is 12.3. The van der Waals surface area contributed by atoms with Gasteiger partial charge in [0.25, 0.3) is 11.6 Å². The molecule has 136 valence electrons. The fourth-order valence-electron chi connectivity index (χ4n) is 2.81. The van der Waals surface area contributed by atoms with Crippen LogP contribution in [0.2, 0.25) is 0 Å². The molecule has 0 radical (unpaired) electrons. The van der Waals surface area contributed by atoms with E-state index in [1.165, 1.54) is 32.6 Å². The van der Waals surface area contributed by atoms with Crippen LogP contribution in [-0.2, 0) is 9.53 Å². The third kappa shape index (κ3) is 4.91. The number of carbonyl (C=O) groups excluding carboxylic acids is 2. The maximum Gasteiger partial charge on any atom is 0.342 e. The number of benzene rings is 1. The Morgan fingerprint density at radius 1 is 1.28 bits per heavy atom. The first-order valence-electron chi connectivity index (χ1n) is 8.26. The largest absolute Gasteiger partial charge is 0.496 e. The van der Waals surface area contributed by atoms with Crippen molar-refractivity contribution in [3.63, 3.8) is 0 Å². The van der Waals surface area contributed by atoms with Gasteiger partial charge in [-0.3, -0.25) is 14.9 Å². The monoisotopic (exact) mass is 350 g/mol. The average molecular weight is 350 g/mol. The summed E-state index contributed by atoms with van der Waals surface area (Å²) in [4.78, 5) is 34.7. The fourth-order valence-corrected chi connectivity index (χ4v) is 2.81. The van der Waals surface area contributed by atoms with E-state index in [-0.39, 0.29) is 28.9 Å². The van der Waals surface area contributed by atoms with Gasteiger partial charge in [-0.2, -0.15) is 0 Å². The minimum atomic E-state index is -1.00. The molecule has 1 atom stereocenters. The molecule has 1 amide bonds. The highest BCUT2D eigenvalue weighted by Gasteiger charge is 2.25. The molecule has 0 spiro atoms. The van der Waals surface area contributed by atoms with Gasteiger partial charge in [-0.25, -0.2) is 4.79 Å². The number of hydrogen-bond donors (Lipinski definition) is 1. The van der Waals surface area contributed by atoms with E-state index in [4.69, 9.17) is 9.47 Å². The quantitative estimate of drug-likeness (QED) is 0.480. The summed E-state index contributed by atoms with van der Waals surface area (Å²) in [7, 11) is 1.34. The number of amides is 1. The second-order valence-electron chi connectivity index (χ2n) is 6.03. The smallest absolute Gasteiger partial charge is 0.342 e. The Morgan fingerprint density at radius 2 is 1.96 bits per heavy atom. The lowest BCUT2D eigenvalue weighted by Gasteiger charge is -2.24. The molecule has 8 heteroatoms. The van der Waals surface area contributed by atoms with E-state index in [1.54, 1.807) is 0 Å². The van der Waals surface area contributed by atoms with Gasteiger partial charge in [-0.15, -0.1) is 0 Å². The molecule has 0 bridgehead atoms. The number of nitrogens with zero attached hydrogens (tertiary/aromatic N) is 1. The van der Waals surface area contributed by atoms with E-state index < -0.39 is 17.0 Å². The number of rotatable bonds is 6. The van der Waals surface area contributed by atoms with Crippen molar-refractivity contribution in [2.24, 2.45) is 0 Å². The van der Waals surface area contributed by atoms with Crippen molar-refractivity contribution in [1.82, 2.24) is 5.32 Å². The Labute approximate surface area is 145 Å². The minimum Gasteiger partial charge on any atom is -0.496 e. The zero-order chi connectivity index (χ0) is 18.4. The number of hydrogen-bond acceptors (Lipinski definition) is 6. The first kappa shape index (κ1) is 18.7. The number of methoxy groups -OCH3 is 1. The van der Waals surface area contributed by atoms with Crippen molar-refractivity contribution >= 4 is 17.6 Å². The predicted molar refractivity (Wildman–Crippen MR) is 89.5 cm³/mol. The molecule has 1 aliphatic carbocycles. The van der Waals surface area contributed by atoms with Gasteiger partial charge in [0.15, 0.2) is 6.10 Å². The van der Waals surface area contributed by atoms with Gasteiger partial charge in [0.05, 0.1) is 12.0 Å². The number of nitro benzene ring substituents is 1. The molecule has 1 aromatic rings. The predicted octanol–water partition coefficient (Wildman–Crippen LogP) is 2.60. The van der Waals surface area contributed by atoms with Gasteiger partial charge < -0.3 is 14.8 Å². The summed E-state index contributed by atoms with van der Waals surface area (Å²) < 4.78 is 10.2. The average Bonchev–Trinajstić information content (AvgIpc) is 2.61. The first-order chi connectivity index (χ1) is 11.9. The number of ether oxygens (including phenoxy) is 2. The third-order valence-corrected chi connectivity index (χ3v) is 4.22. The van der Waals surface area contributed by atoms with Crippen molar-refractivity contribution in [3.05, 3.63) is 33.9 Å². The lowest BCUT2D eigenvalue weighted by Crippen LogP contribution is -2.42. The molecule has 2 rings (SSSR count). The SMILES string of the molecule is COc1ccc([N+](=O)[O-])cc1C(=O)O[C@H](C)C(=O)NC1CCCCC1. The van der Waals surface area contributed by atoms with E-state index in [2.05, 4.69) is 5.32 Å². The van der Waals surface area contributed by atoms with E-state index in [0.29, 0.717) is 0 Å². The third-order valence-electron chi connectivity index (χ3n) is 4.22. The molecule has 1 aliphatic rings. The maximum atomic E-state index is 12.3. The molecule has 0 aliphatic heterocycles. The summed E-state index contributed by atoms with van der Waals surface area (Å²) in [5.74, 6) is -1.06. The van der Waals surface area contributed by atoms with Crippen molar-refractivity contribution in [2.45, 2.75) is 51.2 Å². The van der Waals surface area contributed by atoms with Crippen molar-refractivity contribution in [3.8, 4) is 5.75 Å². The molecule has 1 fully saturated rings. The topological polar surface area (TPSA) is 108 Å². The Bertz CT molecular complexity index is 655. The van der Waals surface area contributed by atoms with Crippen LogP contribution in [0.25, 0.3) is 0 Å². The Morgan fingerprint density at radius 3 is 2.56 bits per heavy atom. The summed E-state index contributed by atoms with van der Waals surface area (Å²) in [5.41, 5.74) is -0.346. The van der Waals surface area contributed by atoms with Crippen molar-refractivity contribution in [2.75, 3.05) is 7.11 Å². The molecule has 1 aromatic carbocycles. The Hall–Kier alpha value is -2.64. The first-order valence-corrected chi connectivity index (χ1v) is 8.26. The number of non-ortho nitro benzene ring substituents is 1. The molecule has 1 N–H and O–H groups in total. The number of esters is 1. The van der Waals surface area contributed by atoms with E-state index in [0.717, 1.165) is 31.7 Å². The highest BCUT2D eigenvalue weighted by Crippen LogP contribution is 2.25. The number of nitrogens with one attached hydrogen (secondary N) is 1. The van der Waals surface area contributed by atoms with Gasteiger partial charge in [-0.05, 0) is 25.8 Å². The van der Waals surface area contributed by atoms with Crippen LogP contribution in [-0.4, -0.2) is 36.1 Å². The lowest BCUT2D eigenvalue weighted by molar-refractivity contribution is -0.384. The summed E-state index contributed by atoms with van der Waals surface area (Å²) in [5, 5.41) is 13.8. The standard InChI is InChI=1S/C17H22N2O6/c1-11(16(20)18-12-6-4-3-5-7-12)25-17(21)14-10-13(19(22)23)8-9-15(14)24-2/h8-12H,3-7H2,1-2H3,(H,18,20)/t11-/m1/s1. The zero-order valence-corrected chi connectivity index (χ0v) is 14.3. The lowest BCUT2D eigenvalue weighted by atomic mass is 9.95. The molecule has 0 aromatic heterocycles. The Balaban J connectivity index is 2.03. The summed E-state index contributed by atoms with van der Waals surface area (Å²) in [6.45, 7) is 1.47. The highest BCUT2D eigenvalue weighted by atomic mass is 16.6. The van der Waals surface area contributed by atoms with Gasteiger partial charge in [0, 0.05) is 18.2 Å². The molecule has 8 nitrogen and oxygen atoms in total. The summed E-state index contributed by atoms with van der Waals surface area (Å²) >= 11 is 0. The molecule has 1 saturated carbocycles. The van der Waals surface area contributed by atoms with Crippen LogP contribution >= 0.6 is 0 Å². The van der Waals surface area contributed by atoms with Crippen LogP contribution in [0.15, 0.2) is 18.2 Å². The normalized spacial score (nSPS) is 15.9.